The Hall–Kier alpha value is -0.430. The van der Waals surface area contributed by atoms with Crippen LogP contribution in [-0.2, 0) is 5.41 Å². The lowest BCUT2D eigenvalue weighted by Crippen LogP contribution is -2.14. The Morgan fingerprint density at radius 1 is 1.12 bits per heavy atom. The van der Waals surface area contributed by atoms with Crippen molar-refractivity contribution in [2.45, 2.75) is 57.8 Å². The summed E-state index contributed by atoms with van der Waals surface area (Å²) in [4.78, 5) is 1.46. The van der Waals surface area contributed by atoms with E-state index in [1.54, 1.807) is 0 Å². The SMILES string of the molecule is CSc1c(C)cc(C(C)C)cc1C(C)(C)C. The first kappa shape index (κ1) is 13.6. The molecule has 1 aromatic rings. The molecule has 0 saturated heterocycles. The molecule has 0 bridgehead atoms. The molecule has 0 aliphatic carbocycles. The van der Waals surface area contributed by atoms with Gasteiger partial charge in [0.25, 0.3) is 0 Å². The van der Waals surface area contributed by atoms with Crippen LogP contribution in [0.3, 0.4) is 0 Å². The molecule has 1 aromatic carbocycles. The molecule has 0 N–H and O–H groups in total. The molecule has 1 rings (SSSR count). The van der Waals surface area contributed by atoms with Crippen LogP contribution in [0.5, 0.6) is 0 Å². The molecule has 0 aliphatic heterocycles. The lowest BCUT2D eigenvalue weighted by Gasteiger charge is -2.25. The number of thioether (sulfide) groups is 1. The van der Waals surface area contributed by atoms with Crippen LogP contribution in [0.2, 0.25) is 0 Å². The van der Waals surface area contributed by atoms with Gasteiger partial charge in [0.2, 0.25) is 0 Å². The van der Waals surface area contributed by atoms with Crippen LogP contribution >= 0.6 is 11.8 Å². The minimum Gasteiger partial charge on any atom is -0.129 e. The molecule has 0 nitrogen and oxygen atoms in total. The summed E-state index contributed by atoms with van der Waals surface area (Å²) in [7, 11) is 0. The predicted octanol–water partition coefficient (Wildman–Crippen LogP) is 5.14. The van der Waals surface area contributed by atoms with E-state index in [1.165, 1.54) is 21.6 Å². The van der Waals surface area contributed by atoms with E-state index in [0.29, 0.717) is 5.92 Å². The van der Waals surface area contributed by atoms with Gasteiger partial charge in [-0.05, 0) is 41.2 Å². The van der Waals surface area contributed by atoms with E-state index < -0.39 is 0 Å². The molecule has 0 heterocycles. The van der Waals surface area contributed by atoms with E-state index in [4.69, 9.17) is 0 Å². The van der Waals surface area contributed by atoms with Crippen molar-refractivity contribution in [1.29, 1.82) is 0 Å². The molecule has 0 spiro atoms. The summed E-state index contributed by atoms with van der Waals surface area (Å²) in [5.41, 5.74) is 4.60. The van der Waals surface area contributed by atoms with Crippen molar-refractivity contribution in [3.63, 3.8) is 0 Å². The molecule has 0 radical (unpaired) electrons. The Kier molecular flexibility index (Phi) is 4.12. The normalized spacial score (nSPS) is 12.2. The van der Waals surface area contributed by atoms with Crippen molar-refractivity contribution in [3.05, 3.63) is 28.8 Å². The van der Waals surface area contributed by atoms with Crippen LogP contribution in [-0.4, -0.2) is 6.26 Å². The minimum absolute atomic E-state index is 0.230. The van der Waals surface area contributed by atoms with Crippen LogP contribution < -0.4 is 0 Å². The van der Waals surface area contributed by atoms with Gasteiger partial charge in [-0.25, -0.2) is 0 Å². The standard InChI is InChI=1S/C15H24S/c1-10(2)12-8-11(3)14(16-7)13(9-12)15(4,5)6/h8-10H,1-7H3. The van der Waals surface area contributed by atoms with Gasteiger partial charge in [0.15, 0.2) is 0 Å². The van der Waals surface area contributed by atoms with Crippen LogP contribution in [0.25, 0.3) is 0 Å². The third kappa shape index (κ3) is 2.82. The third-order valence-electron chi connectivity index (χ3n) is 2.98. The zero-order chi connectivity index (χ0) is 12.5. The quantitative estimate of drug-likeness (QED) is 0.641. The van der Waals surface area contributed by atoms with Crippen LogP contribution in [0.1, 0.15) is 57.2 Å². The molecule has 0 amide bonds. The minimum atomic E-state index is 0.230. The largest absolute Gasteiger partial charge is 0.129 e. The van der Waals surface area contributed by atoms with Crippen molar-refractivity contribution in [2.75, 3.05) is 6.26 Å². The Morgan fingerprint density at radius 2 is 1.69 bits per heavy atom. The van der Waals surface area contributed by atoms with Gasteiger partial charge in [-0.3, -0.25) is 0 Å². The number of benzene rings is 1. The van der Waals surface area contributed by atoms with Gasteiger partial charge in [0, 0.05) is 4.90 Å². The monoisotopic (exact) mass is 236 g/mol. The lowest BCUT2D eigenvalue weighted by molar-refractivity contribution is 0.575. The van der Waals surface area contributed by atoms with Gasteiger partial charge in [-0.15, -0.1) is 11.8 Å². The van der Waals surface area contributed by atoms with Crippen molar-refractivity contribution in [1.82, 2.24) is 0 Å². The van der Waals surface area contributed by atoms with Crippen LogP contribution in [0, 0.1) is 6.92 Å². The topological polar surface area (TPSA) is 0 Å². The summed E-state index contributed by atoms with van der Waals surface area (Å²) >= 11 is 1.87. The molecule has 0 unspecified atom stereocenters. The van der Waals surface area contributed by atoms with E-state index in [1.807, 2.05) is 11.8 Å². The van der Waals surface area contributed by atoms with Gasteiger partial charge >= 0.3 is 0 Å². The highest BCUT2D eigenvalue weighted by Crippen LogP contribution is 2.36. The van der Waals surface area contributed by atoms with Crippen molar-refractivity contribution in [2.24, 2.45) is 0 Å². The first-order chi connectivity index (χ1) is 7.27. The second-order valence-corrected chi connectivity index (χ2v) is 6.64. The molecular formula is C15H24S. The summed E-state index contributed by atoms with van der Waals surface area (Å²) in [6, 6.07) is 4.73. The predicted molar refractivity (Wildman–Crippen MR) is 75.7 cm³/mol. The first-order valence-corrected chi connectivity index (χ1v) is 7.19. The van der Waals surface area contributed by atoms with E-state index in [0.717, 1.165) is 0 Å². The fraction of sp³-hybridized carbons (Fsp3) is 0.600. The van der Waals surface area contributed by atoms with Crippen molar-refractivity contribution < 1.29 is 0 Å². The van der Waals surface area contributed by atoms with E-state index in [9.17, 15) is 0 Å². The van der Waals surface area contributed by atoms with Gasteiger partial charge in [-0.2, -0.15) is 0 Å². The fourth-order valence-corrected chi connectivity index (χ4v) is 2.93. The average molecular weight is 236 g/mol. The summed E-state index contributed by atoms with van der Waals surface area (Å²) in [5.74, 6) is 0.607. The molecule has 90 valence electrons. The highest BCUT2D eigenvalue weighted by molar-refractivity contribution is 7.98. The number of hydrogen-bond donors (Lipinski definition) is 0. The Morgan fingerprint density at radius 3 is 2.06 bits per heavy atom. The van der Waals surface area contributed by atoms with Gasteiger partial charge < -0.3 is 0 Å². The molecule has 0 fully saturated rings. The van der Waals surface area contributed by atoms with E-state index in [2.05, 4.69) is 59.9 Å². The first-order valence-electron chi connectivity index (χ1n) is 5.96. The van der Waals surface area contributed by atoms with Gasteiger partial charge in [-0.1, -0.05) is 46.8 Å². The number of hydrogen-bond acceptors (Lipinski definition) is 1. The number of aryl methyl sites for hydroxylation is 1. The smallest absolute Gasteiger partial charge is 0.0136 e. The lowest BCUT2D eigenvalue weighted by atomic mass is 9.83. The van der Waals surface area contributed by atoms with E-state index >= 15 is 0 Å². The zero-order valence-electron chi connectivity index (χ0n) is 11.6. The molecule has 0 aliphatic rings. The molecule has 0 atom stereocenters. The van der Waals surface area contributed by atoms with Gasteiger partial charge in [0.05, 0.1) is 0 Å². The van der Waals surface area contributed by atoms with Gasteiger partial charge in [0.1, 0.15) is 0 Å². The average Bonchev–Trinajstić information content (AvgIpc) is 2.14. The summed E-state index contributed by atoms with van der Waals surface area (Å²) < 4.78 is 0. The molecular weight excluding hydrogens is 212 g/mol. The van der Waals surface area contributed by atoms with Crippen LogP contribution in [0.15, 0.2) is 17.0 Å². The second kappa shape index (κ2) is 4.83. The maximum Gasteiger partial charge on any atom is 0.0136 e. The van der Waals surface area contributed by atoms with Crippen molar-refractivity contribution >= 4 is 11.8 Å². The number of rotatable bonds is 2. The highest BCUT2D eigenvalue weighted by atomic mass is 32.2. The summed E-state index contributed by atoms with van der Waals surface area (Å²) in [6.07, 6.45) is 2.17. The molecule has 0 aromatic heterocycles. The Bertz CT molecular complexity index is 370. The Labute approximate surface area is 105 Å². The summed E-state index contributed by atoms with van der Waals surface area (Å²) in [5, 5.41) is 0. The molecule has 0 saturated carbocycles. The zero-order valence-corrected chi connectivity index (χ0v) is 12.5. The van der Waals surface area contributed by atoms with Crippen LogP contribution in [0.4, 0.5) is 0 Å². The fourth-order valence-electron chi connectivity index (χ4n) is 1.96. The Balaban J connectivity index is 3.43. The van der Waals surface area contributed by atoms with E-state index in [-0.39, 0.29) is 5.41 Å². The third-order valence-corrected chi connectivity index (χ3v) is 3.93. The second-order valence-electron chi connectivity index (χ2n) is 5.82. The maximum atomic E-state index is 2.39. The molecule has 1 heteroatoms. The maximum absolute atomic E-state index is 2.39. The van der Waals surface area contributed by atoms with Crippen molar-refractivity contribution in [3.8, 4) is 0 Å². The highest BCUT2D eigenvalue weighted by Gasteiger charge is 2.20. The molecule has 16 heavy (non-hydrogen) atoms. The summed E-state index contributed by atoms with van der Waals surface area (Å²) in [6.45, 7) is 13.6.